The molecular weight excluding hydrogens is 394 g/mol. The van der Waals surface area contributed by atoms with Crippen molar-refractivity contribution < 1.29 is 23.4 Å². The van der Waals surface area contributed by atoms with E-state index in [9.17, 15) is 23.5 Å². The van der Waals surface area contributed by atoms with Crippen LogP contribution in [0.2, 0.25) is 0 Å². The van der Waals surface area contributed by atoms with Gasteiger partial charge in [-0.2, -0.15) is 0 Å². The number of aromatic nitrogens is 1. The quantitative estimate of drug-likeness (QED) is 0.632. The number of pyridine rings is 1. The molecule has 3 rings (SSSR count). The Labute approximate surface area is 171 Å². The summed E-state index contributed by atoms with van der Waals surface area (Å²) in [6, 6.07) is 6.94. The largest absolute Gasteiger partial charge is 0.508 e. The van der Waals surface area contributed by atoms with Gasteiger partial charge in [0.2, 0.25) is 0 Å². The van der Waals surface area contributed by atoms with E-state index in [1.807, 2.05) is 0 Å². The van der Waals surface area contributed by atoms with Crippen LogP contribution < -0.4 is 11.3 Å². The number of esters is 1. The van der Waals surface area contributed by atoms with Crippen LogP contribution >= 0.6 is 0 Å². The van der Waals surface area contributed by atoms with Crippen molar-refractivity contribution in [3.63, 3.8) is 0 Å². The van der Waals surface area contributed by atoms with Crippen LogP contribution in [-0.2, 0) is 4.74 Å². The smallest absolute Gasteiger partial charge is 0.341 e. The summed E-state index contributed by atoms with van der Waals surface area (Å²) in [5.41, 5.74) is 6.07. The molecule has 0 spiro atoms. The molecule has 2 aromatic carbocycles. The van der Waals surface area contributed by atoms with Crippen LogP contribution in [0.3, 0.4) is 0 Å². The van der Waals surface area contributed by atoms with E-state index >= 15 is 0 Å². The number of aromatic hydroxyl groups is 1. The molecule has 0 atom stereocenters. The fourth-order valence-electron chi connectivity index (χ4n) is 3.29. The topological polar surface area (TPSA) is 94.5 Å². The lowest BCUT2D eigenvalue weighted by molar-refractivity contribution is 0.0527. The van der Waals surface area contributed by atoms with E-state index in [1.54, 1.807) is 26.8 Å². The van der Waals surface area contributed by atoms with Gasteiger partial charge in [0.05, 0.1) is 17.9 Å². The summed E-state index contributed by atoms with van der Waals surface area (Å²) in [6.45, 7) is 4.94. The van der Waals surface area contributed by atoms with Gasteiger partial charge in [-0.25, -0.2) is 13.6 Å². The summed E-state index contributed by atoms with van der Waals surface area (Å²) in [4.78, 5) is 25.9. The molecule has 0 aliphatic heterocycles. The molecule has 3 aromatic rings. The maximum absolute atomic E-state index is 14.5. The average molecular weight is 414 g/mol. The van der Waals surface area contributed by atoms with Crippen molar-refractivity contribution in [2.45, 2.75) is 20.8 Å². The Morgan fingerprint density at radius 1 is 1.13 bits per heavy atom. The van der Waals surface area contributed by atoms with Crippen molar-refractivity contribution in [2.75, 3.05) is 12.3 Å². The molecule has 156 valence electrons. The zero-order valence-corrected chi connectivity index (χ0v) is 16.6. The number of carbonyl (C=O) groups excluding carboxylic acids is 1. The number of phenols is 1. The van der Waals surface area contributed by atoms with E-state index in [-0.39, 0.29) is 40.6 Å². The van der Waals surface area contributed by atoms with Crippen LogP contribution in [-0.4, -0.2) is 22.2 Å². The molecule has 1 aromatic heterocycles. The number of carbonyl (C=O) groups is 1. The molecule has 0 saturated carbocycles. The fraction of sp³-hybridized carbons (Fsp3) is 0.182. The Morgan fingerprint density at radius 2 is 1.83 bits per heavy atom. The highest BCUT2D eigenvalue weighted by Crippen LogP contribution is 2.31. The first-order valence-corrected chi connectivity index (χ1v) is 9.15. The molecule has 8 heteroatoms. The summed E-state index contributed by atoms with van der Waals surface area (Å²) in [5.74, 6) is -2.89. The van der Waals surface area contributed by atoms with E-state index in [4.69, 9.17) is 10.5 Å². The van der Waals surface area contributed by atoms with Gasteiger partial charge in [0.15, 0.2) is 0 Å². The Bertz CT molecular complexity index is 1220. The van der Waals surface area contributed by atoms with E-state index in [0.29, 0.717) is 17.2 Å². The fourth-order valence-corrected chi connectivity index (χ4v) is 3.29. The molecule has 0 aliphatic rings. The van der Waals surface area contributed by atoms with Crippen molar-refractivity contribution in [1.82, 2.24) is 4.57 Å². The Hall–Kier alpha value is -3.68. The number of hydrogen-bond acceptors (Lipinski definition) is 5. The van der Waals surface area contributed by atoms with Crippen LogP contribution in [0.5, 0.6) is 5.75 Å². The molecule has 6 nitrogen and oxygen atoms in total. The van der Waals surface area contributed by atoms with Crippen molar-refractivity contribution in [3.8, 4) is 22.6 Å². The van der Waals surface area contributed by atoms with Gasteiger partial charge in [-0.1, -0.05) is 6.07 Å². The molecule has 0 fully saturated rings. The third-order valence-electron chi connectivity index (χ3n) is 4.78. The monoisotopic (exact) mass is 414 g/mol. The standard InChI is InChI=1S/C22H20F2N2O4/c1-4-30-22(29)16-10-15(14-7-6-13(23)9-17(14)24)21(28)26(20(16)25)19-11(2)5-8-18(27)12(19)3/h5-10,27H,4,25H2,1-3H3. The minimum absolute atomic E-state index is 0.0574. The summed E-state index contributed by atoms with van der Waals surface area (Å²) in [6.07, 6.45) is 0. The zero-order chi connectivity index (χ0) is 22.2. The van der Waals surface area contributed by atoms with Crippen molar-refractivity contribution >= 4 is 11.8 Å². The lowest BCUT2D eigenvalue weighted by atomic mass is 10.0. The molecule has 30 heavy (non-hydrogen) atoms. The average Bonchev–Trinajstić information content (AvgIpc) is 2.68. The molecular formula is C22H20F2N2O4. The predicted molar refractivity (Wildman–Crippen MR) is 109 cm³/mol. The highest BCUT2D eigenvalue weighted by molar-refractivity contribution is 5.96. The number of anilines is 1. The van der Waals surface area contributed by atoms with Crippen LogP contribution in [0.15, 0.2) is 41.2 Å². The number of nitrogens with two attached hydrogens (primary N) is 1. The normalized spacial score (nSPS) is 10.8. The zero-order valence-electron chi connectivity index (χ0n) is 16.6. The summed E-state index contributed by atoms with van der Waals surface area (Å²) in [7, 11) is 0. The van der Waals surface area contributed by atoms with E-state index < -0.39 is 23.2 Å². The Kier molecular flexibility index (Phi) is 5.60. The second kappa shape index (κ2) is 7.98. The molecule has 0 radical (unpaired) electrons. The van der Waals surface area contributed by atoms with Gasteiger partial charge in [-0.15, -0.1) is 0 Å². The summed E-state index contributed by atoms with van der Waals surface area (Å²) >= 11 is 0. The number of rotatable bonds is 4. The lowest BCUT2D eigenvalue weighted by Gasteiger charge is -2.19. The molecule has 0 aliphatic carbocycles. The SMILES string of the molecule is CCOC(=O)c1cc(-c2ccc(F)cc2F)c(=O)n(-c2c(C)ccc(O)c2C)c1N. The van der Waals surface area contributed by atoms with Crippen molar-refractivity contribution in [3.05, 3.63) is 75.1 Å². The number of hydrogen-bond donors (Lipinski definition) is 2. The van der Waals surface area contributed by atoms with Crippen LogP contribution in [0.25, 0.3) is 16.8 Å². The number of ether oxygens (including phenoxy) is 1. The van der Waals surface area contributed by atoms with Gasteiger partial charge in [-0.05, 0) is 50.6 Å². The number of nitrogens with zero attached hydrogens (tertiary/aromatic N) is 1. The van der Waals surface area contributed by atoms with Gasteiger partial charge >= 0.3 is 5.97 Å². The first kappa shape index (κ1) is 21.0. The van der Waals surface area contributed by atoms with Crippen LogP contribution in [0, 0.1) is 25.5 Å². The highest BCUT2D eigenvalue weighted by atomic mass is 19.1. The molecule has 0 bridgehead atoms. The second-order valence-electron chi connectivity index (χ2n) is 6.72. The van der Waals surface area contributed by atoms with Crippen molar-refractivity contribution in [1.29, 1.82) is 0 Å². The van der Waals surface area contributed by atoms with E-state index in [2.05, 4.69) is 0 Å². The van der Waals surface area contributed by atoms with E-state index in [0.717, 1.165) is 22.8 Å². The number of nitrogen functional groups attached to an aromatic ring is 1. The van der Waals surface area contributed by atoms with Crippen LogP contribution in [0.1, 0.15) is 28.4 Å². The van der Waals surface area contributed by atoms with Gasteiger partial charge < -0.3 is 15.6 Å². The van der Waals surface area contributed by atoms with Crippen molar-refractivity contribution in [2.24, 2.45) is 0 Å². The summed E-state index contributed by atoms with van der Waals surface area (Å²) in [5, 5.41) is 10.1. The number of benzene rings is 2. The van der Waals surface area contributed by atoms with Gasteiger partial charge in [0.1, 0.15) is 28.8 Å². The molecule has 0 amide bonds. The number of halogens is 2. The third kappa shape index (κ3) is 3.52. The minimum Gasteiger partial charge on any atom is -0.508 e. The van der Waals surface area contributed by atoms with Gasteiger partial charge in [0, 0.05) is 17.2 Å². The second-order valence-corrected chi connectivity index (χ2v) is 6.72. The minimum atomic E-state index is -0.970. The molecule has 0 unspecified atom stereocenters. The highest BCUT2D eigenvalue weighted by Gasteiger charge is 2.24. The van der Waals surface area contributed by atoms with Crippen LogP contribution in [0.4, 0.5) is 14.6 Å². The van der Waals surface area contributed by atoms with Gasteiger partial charge in [0.25, 0.3) is 5.56 Å². The van der Waals surface area contributed by atoms with Gasteiger partial charge in [-0.3, -0.25) is 9.36 Å². The number of aryl methyl sites for hydroxylation is 1. The molecule has 3 N–H and O–H groups in total. The molecule has 1 heterocycles. The Balaban J connectivity index is 2.46. The Morgan fingerprint density at radius 3 is 2.47 bits per heavy atom. The number of phenolic OH excluding ortho intramolecular Hbond substituents is 1. The lowest BCUT2D eigenvalue weighted by Crippen LogP contribution is -2.27. The first-order chi connectivity index (χ1) is 14.2. The first-order valence-electron chi connectivity index (χ1n) is 9.15. The third-order valence-corrected chi connectivity index (χ3v) is 4.78. The maximum Gasteiger partial charge on any atom is 0.341 e. The predicted octanol–water partition coefficient (Wildman–Crippen LogP) is 3.86. The van der Waals surface area contributed by atoms with E-state index in [1.165, 1.54) is 6.07 Å². The molecule has 0 saturated heterocycles. The summed E-state index contributed by atoms with van der Waals surface area (Å²) < 4.78 is 33.9. The maximum atomic E-state index is 14.5.